The number of hydrogen-bond donors (Lipinski definition) is 2. The first-order chi connectivity index (χ1) is 10.2. The van der Waals surface area contributed by atoms with Crippen LogP contribution < -0.4 is 10.6 Å². The average Bonchev–Trinajstić information content (AvgIpc) is 3.16. The molecule has 3 rings (SSSR count). The van der Waals surface area contributed by atoms with E-state index < -0.39 is 0 Å². The van der Waals surface area contributed by atoms with Crippen LogP contribution in [0, 0.1) is 6.92 Å². The molecule has 0 aromatic carbocycles. The van der Waals surface area contributed by atoms with E-state index in [9.17, 15) is 4.79 Å². The Bertz CT molecular complexity index is 641. The molecule has 21 heavy (non-hydrogen) atoms. The fourth-order valence-corrected chi connectivity index (χ4v) is 2.45. The highest BCUT2D eigenvalue weighted by Crippen LogP contribution is 2.23. The van der Waals surface area contributed by atoms with Gasteiger partial charge in [0, 0.05) is 6.54 Å². The Hall–Kier alpha value is -2.22. The second kappa shape index (κ2) is 5.65. The number of hydrogen-bond acceptors (Lipinski definition) is 6. The SMILES string of the molecule is CCn1nc(C)cc1C(=O)Nc1nnc(C2CCCN2)o1. The van der Waals surface area contributed by atoms with Crippen LogP contribution in [0.15, 0.2) is 10.5 Å². The van der Waals surface area contributed by atoms with Gasteiger partial charge in [-0.15, -0.1) is 5.10 Å². The Labute approximate surface area is 121 Å². The van der Waals surface area contributed by atoms with Crippen molar-refractivity contribution < 1.29 is 9.21 Å². The van der Waals surface area contributed by atoms with Gasteiger partial charge in [0.15, 0.2) is 0 Å². The van der Waals surface area contributed by atoms with E-state index in [1.165, 1.54) is 0 Å². The Morgan fingerprint density at radius 1 is 1.57 bits per heavy atom. The molecule has 1 unspecified atom stereocenters. The van der Waals surface area contributed by atoms with Crippen molar-refractivity contribution in [1.82, 2.24) is 25.3 Å². The lowest BCUT2D eigenvalue weighted by atomic mass is 10.2. The molecule has 112 valence electrons. The molecule has 1 aliphatic rings. The second-order valence-corrected chi connectivity index (χ2v) is 5.04. The zero-order valence-electron chi connectivity index (χ0n) is 12.1. The number of nitrogens with one attached hydrogen (secondary N) is 2. The van der Waals surface area contributed by atoms with Crippen molar-refractivity contribution in [2.75, 3.05) is 11.9 Å². The minimum absolute atomic E-state index is 0.0894. The van der Waals surface area contributed by atoms with Crippen LogP contribution in [0.2, 0.25) is 0 Å². The number of aryl methyl sites for hydroxylation is 2. The van der Waals surface area contributed by atoms with Gasteiger partial charge in [-0.25, -0.2) is 0 Å². The zero-order valence-corrected chi connectivity index (χ0v) is 12.1. The Morgan fingerprint density at radius 2 is 2.43 bits per heavy atom. The van der Waals surface area contributed by atoms with E-state index in [1.54, 1.807) is 10.7 Å². The van der Waals surface area contributed by atoms with E-state index >= 15 is 0 Å². The molecule has 1 amide bonds. The molecule has 1 saturated heterocycles. The van der Waals surface area contributed by atoms with E-state index in [-0.39, 0.29) is 18.0 Å². The van der Waals surface area contributed by atoms with Gasteiger partial charge in [0.25, 0.3) is 5.91 Å². The van der Waals surface area contributed by atoms with Gasteiger partial charge in [-0.1, -0.05) is 5.10 Å². The van der Waals surface area contributed by atoms with E-state index in [2.05, 4.69) is 25.9 Å². The van der Waals surface area contributed by atoms with Crippen LogP contribution in [0.1, 0.15) is 47.9 Å². The molecule has 2 aromatic rings. The third kappa shape index (κ3) is 2.80. The van der Waals surface area contributed by atoms with Crippen LogP contribution >= 0.6 is 0 Å². The van der Waals surface area contributed by atoms with Crippen molar-refractivity contribution in [2.45, 2.75) is 39.3 Å². The van der Waals surface area contributed by atoms with Crippen LogP contribution in [0.3, 0.4) is 0 Å². The van der Waals surface area contributed by atoms with E-state index in [0.29, 0.717) is 18.1 Å². The third-order valence-corrected chi connectivity index (χ3v) is 3.45. The monoisotopic (exact) mass is 290 g/mol. The lowest BCUT2D eigenvalue weighted by Crippen LogP contribution is -2.17. The molecule has 2 aromatic heterocycles. The summed E-state index contributed by atoms with van der Waals surface area (Å²) < 4.78 is 7.13. The Morgan fingerprint density at radius 3 is 3.14 bits per heavy atom. The summed E-state index contributed by atoms with van der Waals surface area (Å²) in [7, 11) is 0. The van der Waals surface area contributed by atoms with Crippen LogP contribution in [0.25, 0.3) is 0 Å². The highest BCUT2D eigenvalue weighted by atomic mass is 16.4. The molecule has 1 fully saturated rings. The molecular weight excluding hydrogens is 272 g/mol. The molecule has 1 atom stereocenters. The normalized spacial score (nSPS) is 18.1. The van der Waals surface area contributed by atoms with E-state index in [0.717, 1.165) is 25.1 Å². The highest BCUT2D eigenvalue weighted by Gasteiger charge is 2.23. The van der Waals surface area contributed by atoms with Crippen molar-refractivity contribution in [1.29, 1.82) is 0 Å². The largest absolute Gasteiger partial charge is 0.406 e. The summed E-state index contributed by atoms with van der Waals surface area (Å²) in [5.74, 6) is 0.218. The quantitative estimate of drug-likeness (QED) is 0.880. The van der Waals surface area contributed by atoms with Gasteiger partial charge in [-0.3, -0.25) is 14.8 Å². The lowest BCUT2D eigenvalue weighted by molar-refractivity contribution is 0.101. The maximum atomic E-state index is 12.2. The first kappa shape index (κ1) is 13.7. The Balaban J connectivity index is 1.72. The molecule has 2 N–H and O–H groups in total. The molecule has 0 bridgehead atoms. The van der Waals surface area contributed by atoms with Gasteiger partial charge in [0.1, 0.15) is 5.69 Å². The fraction of sp³-hybridized carbons (Fsp3) is 0.538. The predicted octanol–water partition coefficient (Wildman–Crippen LogP) is 1.27. The average molecular weight is 290 g/mol. The predicted molar refractivity (Wildman–Crippen MR) is 74.9 cm³/mol. The number of aromatic nitrogens is 4. The molecular formula is C13H18N6O2. The number of nitrogens with zero attached hydrogens (tertiary/aromatic N) is 4. The third-order valence-electron chi connectivity index (χ3n) is 3.45. The zero-order chi connectivity index (χ0) is 14.8. The molecule has 8 heteroatoms. The molecule has 0 radical (unpaired) electrons. The van der Waals surface area contributed by atoms with Gasteiger partial charge in [-0.2, -0.15) is 5.10 Å². The van der Waals surface area contributed by atoms with Gasteiger partial charge in [-0.05, 0) is 39.3 Å². The van der Waals surface area contributed by atoms with Crippen molar-refractivity contribution in [2.24, 2.45) is 0 Å². The van der Waals surface area contributed by atoms with Crippen molar-refractivity contribution in [3.8, 4) is 0 Å². The summed E-state index contributed by atoms with van der Waals surface area (Å²) in [4.78, 5) is 12.2. The van der Waals surface area contributed by atoms with Crippen molar-refractivity contribution >= 4 is 11.9 Å². The van der Waals surface area contributed by atoms with Gasteiger partial charge in [0.05, 0.1) is 11.7 Å². The number of carbonyl (C=O) groups is 1. The summed E-state index contributed by atoms with van der Waals surface area (Å²) in [6, 6.07) is 1.94. The summed E-state index contributed by atoms with van der Waals surface area (Å²) >= 11 is 0. The second-order valence-electron chi connectivity index (χ2n) is 5.04. The van der Waals surface area contributed by atoms with Crippen molar-refractivity contribution in [3.05, 3.63) is 23.3 Å². The standard InChI is InChI=1S/C13H18N6O2/c1-3-19-10(7-8(2)18-19)11(20)15-13-17-16-12(21-13)9-5-4-6-14-9/h7,9,14H,3-6H2,1-2H3,(H,15,17,20). The first-order valence-corrected chi connectivity index (χ1v) is 7.10. The number of amides is 1. The van der Waals surface area contributed by atoms with Gasteiger partial charge in [0.2, 0.25) is 5.89 Å². The molecule has 0 aliphatic carbocycles. The molecule has 0 spiro atoms. The Kier molecular flexibility index (Phi) is 3.70. The molecule has 3 heterocycles. The molecule has 0 saturated carbocycles. The van der Waals surface area contributed by atoms with Crippen molar-refractivity contribution in [3.63, 3.8) is 0 Å². The van der Waals surface area contributed by atoms with Crippen LogP contribution in [0.4, 0.5) is 6.01 Å². The molecule has 8 nitrogen and oxygen atoms in total. The summed E-state index contributed by atoms with van der Waals surface area (Å²) in [5, 5.41) is 18.0. The minimum Gasteiger partial charge on any atom is -0.406 e. The summed E-state index contributed by atoms with van der Waals surface area (Å²) in [5.41, 5.74) is 1.28. The number of carbonyl (C=O) groups excluding carboxylic acids is 1. The number of rotatable bonds is 4. The van der Waals surface area contributed by atoms with Gasteiger partial charge < -0.3 is 9.73 Å². The topological polar surface area (TPSA) is 97.9 Å². The summed E-state index contributed by atoms with van der Waals surface area (Å²) in [6.07, 6.45) is 2.06. The maximum Gasteiger partial charge on any atom is 0.322 e. The van der Waals surface area contributed by atoms with E-state index in [4.69, 9.17) is 4.42 Å². The smallest absolute Gasteiger partial charge is 0.322 e. The van der Waals surface area contributed by atoms with Crippen LogP contribution in [-0.4, -0.2) is 32.4 Å². The number of anilines is 1. The summed E-state index contributed by atoms with van der Waals surface area (Å²) in [6.45, 7) is 5.35. The van der Waals surface area contributed by atoms with Crippen LogP contribution in [0.5, 0.6) is 0 Å². The van der Waals surface area contributed by atoms with Crippen LogP contribution in [-0.2, 0) is 6.54 Å². The first-order valence-electron chi connectivity index (χ1n) is 7.10. The molecule has 1 aliphatic heterocycles. The fourth-order valence-electron chi connectivity index (χ4n) is 2.45. The maximum absolute atomic E-state index is 12.2. The van der Waals surface area contributed by atoms with E-state index in [1.807, 2.05) is 13.8 Å². The highest BCUT2D eigenvalue weighted by molar-refractivity contribution is 6.01. The lowest BCUT2D eigenvalue weighted by Gasteiger charge is -2.04. The minimum atomic E-state index is -0.299. The van der Waals surface area contributed by atoms with Gasteiger partial charge >= 0.3 is 6.01 Å².